The molecule has 36 heavy (non-hydrogen) atoms. The van der Waals surface area contributed by atoms with Crippen molar-refractivity contribution in [2.75, 3.05) is 11.4 Å². The lowest BCUT2D eigenvalue weighted by Gasteiger charge is -2.36. The van der Waals surface area contributed by atoms with E-state index in [0.717, 1.165) is 30.4 Å². The standard InChI is InChI=1S/C25H23ClN8O2/c1-13(17-9-28-25(29-10-17)33-11-16-6-21(16)24(33)36)34-12-22(31-32-34)23(35)30-19-4-15(5-19)20-7-18(26)3-2-14(20)8-27/h2-3,7,9-10,12-13,15-16,19,21H,4-6,11H2,1H3,(H,30,35)/t13-,15?,16-,19?,21-/m1/s1. The number of nitrogens with one attached hydrogen (secondary N) is 1. The topological polar surface area (TPSA) is 130 Å². The van der Waals surface area contributed by atoms with Gasteiger partial charge in [0.1, 0.15) is 0 Å². The number of amides is 2. The number of hydrogen-bond acceptors (Lipinski definition) is 7. The maximum Gasteiger partial charge on any atom is 0.273 e. The third-order valence-corrected chi connectivity index (χ3v) is 7.73. The van der Waals surface area contributed by atoms with E-state index in [0.29, 0.717) is 29.0 Å². The molecule has 1 N–H and O–H groups in total. The zero-order valence-electron chi connectivity index (χ0n) is 19.5. The average molecular weight is 503 g/mol. The van der Waals surface area contributed by atoms with Crippen molar-refractivity contribution in [1.82, 2.24) is 30.3 Å². The largest absolute Gasteiger partial charge is 0.348 e. The van der Waals surface area contributed by atoms with Gasteiger partial charge < -0.3 is 5.32 Å². The van der Waals surface area contributed by atoms with E-state index >= 15 is 0 Å². The van der Waals surface area contributed by atoms with Crippen molar-refractivity contribution in [3.05, 3.63) is 64.2 Å². The van der Waals surface area contributed by atoms with Crippen LogP contribution >= 0.6 is 11.6 Å². The summed E-state index contributed by atoms with van der Waals surface area (Å²) >= 11 is 6.10. The first-order valence-corrected chi connectivity index (χ1v) is 12.3. The summed E-state index contributed by atoms with van der Waals surface area (Å²) in [5, 5.41) is 21.1. The molecule has 1 saturated heterocycles. The number of rotatable bonds is 6. The first-order chi connectivity index (χ1) is 17.4. The van der Waals surface area contributed by atoms with E-state index in [1.165, 1.54) is 0 Å². The number of fused-ring (bicyclic) bond motifs is 1. The highest BCUT2D eigenvalue weighted by Gasteiger charge is 2.53. The molecule has 3 heterocycles. The van der Waals surface area contributed by atoms with E-state index in [2.05, 4.69) is 31.7 Å². The number of aromatic nitrogens is 5. The highest BCUT2D eigenvalue weighted by Crippen LogP contribution is 2.46. The second kappa shape index (κ2) is 8.68. The van der Waals surface area contributed by atoms with Gasteiger partial charge in [-0.15, -0.1) is 5.10 Å². The number of nitriles is 1. The van der Waals surface area contributed by atoms with E-state index in [1.54, 1.807) is 40.3 Å². The van der Waals surface area contributed by atoms with Gasteiger partial charge in [0.25, 0.3) is 5.91 Å². The molecule has 1 aromatic carbocycles. The van der Waals surface area contributed by atoms with Crippen molar-refractivity contribution in [2.45, 2.75) is 44.2 Å². The average Bonchev–Trinajstić information content (AvgIpc) is 3.32. The van der Waals surface area contributed by atoms with Crippen LogP contribution < -0.4 is 10.2 Å². The molecule has 182 valence electrons. The van der Waals surface area contributed by atoms with Crippen LogP contribution in [0, 0.1) is 23.2 Å². The van der Waals surface area contributed by atoms with Crippen molar-refractivity contribution in [3.63, 3.8) is 0 Å². The van der Waals surface area contributed by atoms with Crippen LogP contribution in [0.2, 0.25) is 5.02 Å². The number of benzene rings is 1. The Bertz CT molecular complexity index is 1390. The summed E-state index contributed by atoms with van der Waals surface area (Å²) in [7, 11) is 0. The molecule has 2 aliphatic carbocycles. The molecule has 3 atom stereocenters. The Morgan fingerprint density at radius 1 is 1.25 bits per heavy atom. The number of anilines is 1. The third-order valence-electron chi connectivity index (χ3n) is 7.49. The Labute approximate surface area is 212 Å². The molecule has 1 aliphatic heterocycles. The van der Waals surface area contributed by atoms with Gasteiger partial charge in [-0.2, -0.15) is 5.26 Å². The van der Waals surface area contributed by atoms with Gasteiger partial charge in [-0.3, -0.25) is 14.5 Å². The van der Waals surface area contributed by atoms with E-state index in [-0.39, 0.29) is 41.4 Å². The van der Waals surface area contributed by atoms with Crippen LogP contribution in [-0.4, -0.2) is 49.4 Å². The summed E-state index contributed by atoms with van der Waals surface area (Å²) in [5.74, 6) is 1.05. The molecule has 2 amide bonds. The van der Waals surface area contributed by atoms with E-state index in [4.69, 9.17) is 11.6 Å². The molecule has 3 aliphatic rings. The number of halogens is 1. The predicted molar refractivity (Wildman–Crippen MR) is 129 cm³/mol. The molecule has 10 nitrogen and oxygen atoms in total. The minimum Gasteiger partial charge on any atom is -0.348 e. The number of piperidine rings is 1. The van der Waals surface area contributed by atoms with Gasteiger partial charge in [0, 0.05) is 41.5 Å². The van der Waals surface area contributed by atoms with Crippen LogP contribution in [0.3, 0.4) is 0 Å². The van der Waals surface area contributed by atoms with Crippen molar-refractivity contribution in [3.8, 4) is 6.07 Å². The minimum atomic E-state index is -0.291. The van der Waals surface area contributed by atoms with Gasteiger partial charge >= 0.3 is 0 Å². The van der Waals surface area contributed by atoms with Crippen LogP contribution in [0.1, 0.15) is 65.3 Å². The van der Waals surface area contributed by atoms with E-state index in [1.807, 2.05) is 13.0 Å². The molecule has 3 aromatic rings. The highest BCUT2D eigenvalue weighted by molar-refractivity contribution is 6.30. The molecule has 11 heteroatoms. The summed E-state index contributed by atoms with van der Waals surface area (Å²) < 4.78 is 1.60. The molecule has 6 rings (SSSR count). The smallest absolute Gasteiger partial charge is 0.273 e. The minimum absolute atomic E-state index is 0.00382. The van der Waals surface area contributed by atoms with E-state index in [9.17, 15) is 14.9 Å². The monoisotopic (exact) mass is 502 g/mol. The lowest BCUT2D eigenvalue weighted by atomic mass is 9.74. The molecule has 0 unspecified atom stereocenters. The number of carbonyl (C=O) groups is 2. The normalized spacial score (nSPS) is 25.0. The lowest BCUT2D eigenvalue weighted by Crippen LogP contribution is -2.43. The van der Waals surface area contributed by atoms with Crippen molar-refractivity contribution >= 4 is 29.4 Å². The van der Waals surface area contributed by atoms with Crippen LogP contribution in [0.5, 0.6) is 0 Å². The highest BCUT2D eigenvalue weighted by atomic mass is 35.5. The SMILES string of the molecule is C[C@H](c1cnc(N2C[C@H]3C[C@H]3C2=O)nc1)n1cc(C(=O)NC2CC(c3cc(Cl)ccc3C#N)C2)nn1. The molecule has 2 saturated carbocycles. The first kappa shape index (κ1) is 22.6. The van der Waals surface area contributed by atoms with Gasteiger partial charge in [0.15, 0.2) is 5.69 Å². The van der Waals surface area contributed by atoms with Crippen LogP contribution in [0.4, 0.5) is 5.95 Å². The van der Waals surface area contributed by atoms with Crippen molar-refractivity contribution in [1.29, 1.82) is 5.26 Å². The molecular weight excluding hydrogens is 480 g/mol. The lowest BCUT2D eigenvalue weighted by molar-refractivity contribution is -0.118. The molecule has 3 fully saturated rings. The van der Waals surface area contributed by atoms with Gasteiger partial charge in [-0.25, -0.2) is 14.6 Å². The maximum atomic E-state index is 12.7. The fraction of sp³-hybridized carbons (Fsp3) is 0.400. The number of carbonyl (C=O) groups excluding carboxylic acids is 2. The molecule has 2 aromatic heterocycles. The van der Waals surface area contributed by atoms with Crippen LogP contribution in [0.15, 0.2) is 36.8 Å². The summed E-state index contributed by atoms with van der Waals surface area (Å²) in [6, 6.07) is 7.24. The maximum absolute atomic E-state index is 12.7. The van der Waals surface area contributed by atoms with Crippen molar-refractivity contribution < 1.29 is 9.59 Å². The number of nitrogens with zero attached hydrogens (tertiary/aromatic N) is 7. The number of hydrogen-bond donors (Lipinski definition) is 1. The first-order valence-electron chi connectivity index (χ1n) is 12.0. The zero-order chi connectivity index (χ0) is 25.0. The van der Waals surface area contributed by atoms with Crippen LogP contribution in [0.25, 0.3) is 0 Å². The Kier molecular flexibility index (Phi) is 5.45. The Morgan fingerprint density at radius 3 is 2.72 bits per heavy atom. The summed E-state index contributed by atoms with van der Waals surface area (Å²) in [6.45, 7) is 2.61. The predicted octanol–water partition coefficient (Wildman–Crippen LogP) is 2.86. The Morgan fingerprint density at radius 2 is 2.03 bits per heavy atom. The van der Waals surface area contributed by atoms with Gasteiger partial charge in [0.05, 0.1) is 23.9 Å². The second-order valence-corrected chi connectivity index (χ2v) is 10.2. The Hall–Kier alpha value is -3.84. The Balaban J connectivity index is 1.06. The second-order valence-electron chi connectivity index (χ2n) is 9.81. The van der Waals surface area contributed by atoms with Gasteiger partial charge in [-0.05, 0) is 61.8 Å². The third kappa shape index (κ3) is 3.99. The molecular formula is C25H23ClN8O2. The molecule has 0 radical (unpaired) electrons. The fourth-order valence-corrected chi connectivity index (χ4v) is 5.27. The van der Waals surface area contributed by atoms with Gasteiger partial charge in [-0.1, -0.05) is 16.8 Å². The summed E-state index contributed by atoms with van der Waals surface area (Å²) in [6.07, 6.45) is 7.42. The summed E-state index contributed by atoms with van der Waals surface area (Å²) in [4.78, 5) is 35.4. The quantitative estimate of drug-likeness (QED) is 0.548. The molecule has 0 bridgehead atoms. The molecule has 0 spiro atoms. The van der Waals surface area contributed by atoms with E-state index < -0.39 is 0 Å². The van der Waals surface area contributed by atoms with Crippen LogP contribution in [-0.2, 0) is 4.79 Å². The van der Waals surface area contributed by atoms with Gasteiger partial charge in [0.2, 0.25) is 11.9 Å². The van der Waals surface area contributed by atoms with Crippen molar-refractivity contribution in [2.24, 2.45) is 11.8 Å². The fourth-order valence-electron chi connectivity index (χ4n) is 5.09. The summed E-state index contributed by atoms with van der Waals surface area (Å²) in [5.41, 5.74) is 2.57. The zero-order valence-corrected chi connectivity index (χ0v) is 20.3.